The molecule has 0 spiro atoms. The van der Waals surface area contributed by atoms with Crippen molar-refractivity contribution in [2.75, 3.05) is 23.4 Å². The number of carbonyl (C=O) groups excluding carboxylic acids is 1. The van der Waals surface area contributed by atoms with E-state index in [1.54, 1.807) is 0 Å². The number of halogens is 2. The summed E-state index contributed by atoms with van der Waals surface area (Å²) in [6.45, 7) is 1.43. The number of carbonyl (C=O) groups is 1. The number of aromatic nitrogens is 1. The van der Waals surface area contributed by atoms with E-state index in [2.05, 4.69) is 31.2 Å². The highest BCUT2D eigenvalue weighted by molar-refractivity contribution is 7.91. The van der Waals surface area contributed by atoms with Gasteiger partial charge in [-0.2, -0.15) is 5.26 Å². The van der Waals surface area contributed by atoms with E-state index in [0.717, 1.165) is 6.07 Å². The molecule has 9 nitrogen and oxygen atoms in total. The fraction of sp³-hybridized carbons (Fsp3) is 0.350. The highest BCUT2D eigenvalue weighted by Crippen LogP contribution is 2.48. The lowest BCUT2D eigenvalue weighted by atomic mass is 9.99. The normalized spacial score (nSPS) is 17.3. The second-order valence-corrected chi connectivity index (χ2v) is 9.63. The minimum atomic E-state index is -3.86. The maximum absolute atomic E-state index is 13.4. The molecule has 4 rings (SSSR count). The van der Waals surface area contributed by atoms with E-state index in [-0.39, 0.29) is 39.2 Å². The van der Waals surface area contributed by atoms with Gasteiger partial charge in [-0.15, -0.1) is 8.78 Å². The predicted octanol–water partition coefficient (Wildman–Crippen LogP) is 3.05. The molecule has 0 radical (unpaired) electrons. The number of fused-ring (bicyclic) bond motifs is 1. The van der Waals surface area contributed by atoms with Crippen LogP contribution in [0.2, 0.25) is 0 Å². The zero-order valence-corrected chi connectivity index (χ0v) is 17.8. The molecule has 1 aromatic heterocycles. The largest absolute Gasteiger partial charge is 0.586 e. The van der Waals surface area contributed by atoms with Crippen molar-refractivity contribution in [1.29, 1.82) is 5.26 Å². The van der Waals surface area contributed by atoms with Crippen LogP contribution in [0.25, 0.3) is 0 Å². The summed E-state index contributed by atoms with van der Waals surface area (Å²) in [5.74, 6) is -1.66. The third-order valence-corrected chi connectivity index (χ3v) is 7.10. The molecule has 0 atom stereocenters. The van der Waals surface area contributed by atoms with Crippen molar-refractivity contribution in [2.45, 2.75) is 36.4 Å². The minimum Gasteiger partial charge on any atom is -0.395 e. The number of sulfone groups is 1. The third-order valence-electron chi connectivity index (χ3n) is 5.36. The van der Waals surface area contributed by atoms with Gasteiger partial charge in [-0.25, -0.2) is 13.4 Å². The molecule has 1 saturated carbocycles. The summed E-state index contributed by atoms with van der Waals surface area (Å²) in [7, 11) is -2.36. The van der Waals surface area contributed by atoms with Gasteiger partial charge in [-0.05, 0) is 24.5 Å². The Hall–Kier alpha value is -3.46. The summed E-state index contributed by atoms with van der Waals surface area (Å²) >= 11 is 0. The lowest BCUT2D eigenvalue weighted by molar-refractivity contribution is -0.286. The van der Waals surface area contributed by atoms with Crippen molar-refractivity contribution in [3.8, 4) is 17.6 Å². The second-order valence-electron chi connectivity index (χ2n) is 7.38. The minimum absolute atomic E-state index is 0.0546. The topological polar surface area (TPSA) is 130 Å². The van der Waals surface area contributed by atoms with Crippen molar-refractivity contribution in [3.05, 3.63) is 35.7 Å². The van der Waals surface area contributed by atoms with Gasteiger partial charge in [0.1, 0.15) is 5.69 Å². The highest BCUT2D eigenvalue weighted by atomic mass is 32.2. The average molecular weight is 464 g/mol. The lowest BCUT2D eigenvalue weighted by Crippen LogP contribution is -2.25. The van der Waals surface area contributed by atoms with Crippen molar-refractivity contribution in [1.82, 2.24) is 4.98 Å². The molecular formula is C20H18F2N4O5S. The Morgan fingerprint density at radius 3 is 2.38 bits per heavy atom. The summed E-state index contributed by atoms with van der Waals surface area (Å²) in [5, 5.41) is 14.6. The molecular weight excluding hydrogens is 446 g/mol. The molecule has 0 unspecified atom stereocenters. The number of anilines is 2. The molecule has 1 aliphatic heterocycles. The molecule has 1 fully saturated rings. The number of pyridine rings is 1. The monoisotopic (exact) mass is 464 g/mol. The van der Waals surface area contributed by atoms with Gasteiger partial charge in [0.2, 0.25) is 0 Å². The number of ether oxygens (including phenoxy) is 2. The number of nitrogens with one attached hydrogen (secondary N) is 2. The fourth-order valence-electron chi connectivity index (χ4n) is 3.35. The van der Waals surface area contributed by atoms with Gasteiger partial charge in [0, 0.05) is 25.4 Å². The quantitative estimate of drug-likeness (QED) is 0.667. The van der Waals surface area contributed by atoms with Crippen LogP contribution in [-0.2, 0) is 15.3 Å². The third kappa shape index (κ3) is 3.69. The number of benzene rings is 1. The van der Waals surface area contributed by atoms with Gasteiger partial charge >= 0.3 is 6.29 Å². The van der Waals surface area contributed by atoms with Crippen LogP contribution in [0, 0.1) is 11.3 Å². The molecule has 2 heterocycles. The van der Waals surface area contributed by atoms with E-state index in [1.807, 2.05) is 0 Å². The Kier molecular flexibility index (Phi) is 4.97. The van der Waals surface area contributed by atoms with Gasteiger partial charge in [0.25, 0.3) is 5.91 Å². The first-order valence-electron chi connectivity index (χ1n) is 9.62. The highest BCUT2D eigenvalue weighted by Gasteiger charge is 2.46. The molecule has 0 saturated heterocycles. The van der Waals surface area contributed by atoms with Crippen LogP contribution in [0.5, 0.6) is 11.5 Å². The van der Waals surface area contributed by atoms with Gasteiger partial charge in [0.05, 0.1) is 33.5 Å². The average Bonchev–Trinajstić information content (AvgIpc) is 3.49. The first-order valence-corrected chi connectivity index (χ1v) is 11.3. The van der Waals surface area contributed by atoms with E-state index in [1.165, 1.54) is 32.3 Å². The summed E-state index contributed by atoms with van der Waals surface area (Å²) in [5.41, 5.74) is -0.434. The summed E-state index contributed by atoms with van der Waals surface area (Å²) < 4.78 is 60.9. The predicted molar refractivity (Wildman–Crippen MR) is 109 cm³/mol. The molecule has 1 amide bonds. The summed E-state index contributed by atoms with van der Waals surface area (Å²) in [6.07, 6.45) is -1.36. The van der Waals surface area contributed by atoms with E-state index < -0.39 is 27.5 Å². The Labute approximate surface area is 182 Å². The smallest absolute Gasteiger partial charge is 0.395 e. The maximum atomic E-state index is 13.4. The molecule has 12 heteroatoms. The van der Waals surface area contributed by atoms with E-state index in [4.69, 9.17) is 0 Å². The Morgan fingerprint density at radius 2 is 1.84 bits per heavy atom. The molecule has 168 valence electrons. The second kappa shape index (κ2) is 7.30. The molecule has 2 aliphatic rings. The van der Waals surface area contributed by atoms with E-state index in [0.29, 0.717) is 18.4 Å². The molecule has 2 N–H and O–H groups in total. The van der Waals surface area contributed by atoms with E-state index >= 15 is 0 Å². The van der Waals surface area contributed by atoms with Crippen LogP contribution in [0.1, 0.15) is 35.8 Å². The lowest BCUT2D eigenvalue weighted by Gasteiger charge is -2.15. The number of amides is 1. The van der Waals surface area contributed by atoms with Crippen molar-refractivity contribution < 1.29 is 31.5 Å². The number of rotatable bonds is 6. The zero-order valence-electron chi connectivity index (χ0n) is 17.0. The first kappa shape index (κ1) is 21.8. The number of nitrogens with zero attached hydrogens (tertiary/aromatic N) is 2. The number of nitriles is 1. The molecule has 0 bridgehead atoms. The number of hydrogen-bond donors (Lipinski definition) is 2. The Morgan fingerprint density at radius 1 is 1.22 bits per heavy atom. The standard InChI is InChI=1S/C20H18F2N4O5S/c1-3-32(28,29)16-6-11(19(10-23)4-5-19)9-25-17(16)18(27)26-13-8-15-14(7-12(13)24-2)30-20(21,22)31-15/h6-9,24H,3-5H2,1-2H3,(H,26,27). The van der Waals surface area contributed by atoms with Gasteiger partial charge in [-0.1, -0.05) is 6.92 Å². The summed E-state index contributed by atoms with van der Waals surface area (Å²) in [6, 6.07) is 5.84. The number of alkyl halides is 2. The van der Waals surface area contributed by atoms with Crippen molar-refractivity contribution >= 4 is 27.1 Å². The van der Waals surface area contributed by atoms with Crippen LogP contribution in [0.4, 0.5) is 20.2 Å². The van der Waals surface area contributed by atoms with E-state index in [9.17, 15) is 27.3 Å². The fourth-order valence-corrected chi connectivity index (χ4v) is 4.41. The van der Waals surface area contributed by atoms with Crippen LogP contribution in [0.3, 0.4) is 0 Å². The number of hydrogen-bond acceptors (Lipinski definition) is 8. The van der Waals surface area contributed by atoms with Crippen LogP contribution < -0.4 is 20.1 Å². The van der Waals surface area contributed by atoms with Crippen molar-refractivity contribution in [2.24, 2.45) is 0 Å². The zero-order chi connectivity index (χ0) is 23.3. The van der Waals surface area contributed by atoms with Gasteiger partial charge in [-0.3, -0.25) is 4.79 Å². The van der Waals surface area contributed by atoms with Crippen LogP contribution in [-0.4, -0.2) is 38.4 Å². The molecule has 32 heavy (non-hydrogen) atoms. The summed E-state index contributed by atoms with van der Waals surface area (Å²) in [4.78, 5) is 16.7. The Bertz CT molecular complexity index is 1270. The molecule has 1 aliphatic carbocycles. The van der Waals surface area contributed by atoms with Gasteiger partial charge < -0.3 is 20.1 Å². The maximum Gasteiger partial charge on any atom is 0.586 e. The Balaban J connectivity index is 1.73. The van der Waals surface area contributed by atoms with Crippen LogP contribution in [0.15, 0.2) is 29.3 Å². The molecule has 1 aromatic carbocycles. The SMILES string of the molecule is CCS(=O)(=O)c1cc(C2(C#N)CC2)cnc1C(=O)Nc1cc2c(cc1NC)OC(F)(F)O2. The van der Waals surface area contributed by atoms with Crippen molar-refractivity contribution in [3.63, 3.8) is 0 Å². The molecule has 2 aromatic rings. The first-order chi connectivity index (χ1) is 15.0. The van der Waals surface area contributed by atoms with Gasteiger partial charge in [0.15, 0.2) is 21.3 Å². The van der Waals surface area contributed by atoms with Crippen LogP contribution >= 0.6 is 0 Å².